The number of rotatable bonds is 4. The Kier molecular flexibility index (Phi) is 4.15. The van der Waals surface area contributed by atoms with Gasteiger partial charge >= 0.3 is 0 Å². The van der Waals surface area contributed by atoms with Crippen molar-refractivity contribution in [1.29, 1.82) is 5.26 Å². The molecular formula is C10H10F2N2O2S. The van der Waals surface area contributed by atoms with Crippen LogP contribution in [0.5, 0.6) is 0 Å². The van der Waals surface area contributed by atoms with Gasteiger partial charge in [0.15, 0.2) is 11.6 Å². The van der Waals surface area contributed by atoms with Gasteiger partial charge in [0.1, 0.15) is 6.04 Å². The van der Waals surface area contributed by atoms with Gasteiger partial charge in [-0.1, -0.05) is 6.92 Å². The van der Waals surface area contributed by atoms with Crippen LogP contribution in [0.15, 0.2) is 23.1 Å². The smallest absolute Gasteiger partial charge is 0.207 e. The van der Waals surface area contributed by atoms with Crippen LogP contribution in [0.3, 0.4) is 0 Å². The lowest BCUT2D eigenvalue weighted by Gasteiger charge is -2.10. The summed E-state index contributed by atoms with van der Waals surface area (Å²) in [6.45, 7) is 1.63. The van der Waals surface area contributed by atoms with E-state index >= 15 is 0 Å². The third kappa shape index (κ3) is 3.22. The number of nitriles is 1. The van der Waals surface area contributed by atoms with Crippen molar-refractivity contribution in [3.05, 3.63) is 29.8 Å². The summed E-state index contributed by atoms with van der Waals surface area (Å²) in [7, 11) is -4.00. The van der Waals surface area contributed by atoms with Crippen molar-refractivity contribution < 1.29 is 17.2 Å². The number of nitrogens with one attached hydrogen (secondary N) is 1. The molecule has 1 rings (SSSR count). The van der Waals surface area contributed by atoms with E-state index < -0.39 is 32.6 Å². The van der Waals surface area contributed by atoms with Crippen LogP contribution in [-0.4, -0.2) is 14.5 Å². The molecule has 0 aromatic heterocycles. The molecule has 1 atom stereocenters. The summed E-state index contributed by atoms with van der Waals surface area (Å²) >= 11 is 0. The first-order chi connectivity index (χ1) is 7.90. The van der Waals surface area contributed by atoms with Gasteiger partial charge in [-0.15, -0.1) is 0 Å². The Morgan fingerprint density at radius 3 is 2.53 bits per heavy atom. The summed E-state index contributed by atoms with van der Waals surface area (Å²) in [5.74, 6) is -2.38. The fourth-order valence-corrected chi connectivity index (χ4v) is 2.34. The molecule has 1 aromatic carbocycles. The fraction of sp³-hybridized carbons (Fsp3) is 0.300. The van der Waals surface area contributed by atoms with E-state index in [0.717, 1.165) is 12.1 Å². The molecule has 0 radical (unpaired) electrons. The van der Waals surface area contributed by atoms with Crippen molar-refractivity contribution in [2.45, 2.75) is 24.3 Å². The molecule has 0 fully saturated rings. The van der Waals surface area contributed by atoms with Crippen LogP contribution < -0.4 is 4.72 Å². The third-order valence-corrected chi connectivity index (χ3v) is 3.53. The molecule has 17 heavy (non-hydrogen) atoms. The van der Waals surface area contributed by atoms with E-state index in [1.807, 2.05) is 0 Å². The van der Waals surface area contributed by atoms with Crippen molar-refractivity contribution in [2.75, 3.05) is 0 Å². The highest BCUT2D eigenvalue weighted by Gasteiger charge is 2.20. The van der Waals surface area contributed by atoms with Gasteiger partial charge in [0.05, 0.1) is 11.0 Å². The lowest BCUT2D eigenvalue weighted by molar-refractivity contribution is 0.503. The van der Waals surface area contributed by atoms with Crippen molar-refractivity contribution in [2.24, 2.45) is 0 Å². The average Bonchev–Trinajstić information content (AvgIpc) is 2.29. The molecule has 0 saturated heterocycles. The van der Waals surface area contributed by atoms with Gasteiger partial charge < -0.3 is 0 Å². The maximum absolute atomic E-state index is 12.9. The molecule has 0 spiro atoms. The molecule has 0 aliphatic rings. The summed E-state index contributed by atoms with van der Waals surface area (Å²) in [5, 5.41) is 8.62. The summed E-state index contributed by atoms with van der Waals surface area (Å²) < 4.78 is 50.9. The average molecular weight is 260 g/mol. The van der Waals surface area contributed by atoms with Gasteiger partial charge in [0.2, 0.25) is 10.0 Å². The molecule has 0 saturated carbocycles. The molecule has 4 nitrogen and oxygen atoms in total. The van der Waals surface area contributed by atoms with Crippen molar-refractivity contribution in [1.82, 2.24) is 4.72 Å². The Balaban J connectivity index is 3.06. The Bertz CT molecular complexity index is 552. The molecule has 0 bridgehead atoms. The highest BCUT2D eigenvalue weighted by Crippen LogP contribution is 2.14. The van der Waals surface area contributed by atoms with Crippen LogP contribution in [0, 0.1) is 23.0 Å². The summed E-state index contributed by atoms with van der Waals surface area (Å²) in [6.07, 6.45) is 0.277. The van der Waals surface area contributed by atoms with Gasteiger partial charge in [-0.3, -0.25) is 0 Å². The molecule has 92 valence electrons. The topological polar surface area (TPSA) is 70.0 Å². The van der Waals surface area contributed by atoms with Gasteiger partial charge in [-0.2, -0.15) is 9.98 Å². The number of hydrogen-bond acceptors (Lipinski definition) is 3. The predicted molar refractivity (Wildman–Crippen MR) is 56.4 cm³/mol. The molecular weight excluding hydrogens is 250 g/mol. The van der Waals surface area contributed by atoms with E-state index in [2.05, 4.69) is 4.72 Å². The first-order valence-corrected chi connectivity index (χ1v) is 6.26. The summed E-state index contributed by atoms with van der Waals surface area (Å²) in [4.78, 5) is -0.412. The van der Waals surface area contributed by atoms with Crippen LogP contribution in [0.1, 0.15) is 13.3 Å². The summed E-state index contributed by atoms with van der Waals surface area (Å²) in [6, 6.07) is 3.08. The summed E-state index contributed by atoms with van der Waals surface area (Å²) in [5.41, 5.74) is 0. The lowest BCUT2D eigenvalue weighted by atomic mass is 10.3. The second-order valence-electron chi connectivity index (χ2n) is 3.29. The normalized spacial score (nSPS) is 13.1. The van der Waals surface area contributed by atoms with Crippen molar-refractivity contribution in [3.63, 3.8) is 0 Å². The third-order valence-electron chi connectivity index (χ3n) is 2.06. The molecule has 0 amide bonds. The lowest BCUT2D eigenvalue weighted by Crippen LogP contribution is -2.33. The van der Waals surface area contributed by atoms with E-state index in [1.54, 1.807) is 13.0 Å². The Morgan fingerprint density at radius 2 is 2.06 bits per heavy atom. The minimum Gasteiger partial charge on any atom is -0.207 e. The van der Waals surface area contributed by atoms with E-state index in [1.165, 1.54) is 0 Å². The first-order valence-electron chi connectivity index (χ1n) is 4.77. The van der Waals surface area contributed by atoms with Gasteiger partial charge in [0, 0.05) is 0 Å². The van der Waals surface area contributed by atoms with E-state index in [-0.39, 0.29) is 6.42 Å². The maximum Gasteiger partial charge on any atom is 0.241 e. The van der Waals surface area contributed by atoms with Crippen LogP contribution in [0.2, 0.25) is 0 Å². The van der Waals surface area contributed by atoms with E-state index in [9.17, 15) is 17.2 Å². The van der Waals surface area contributed by atoms with E-state index in [4.69, 9.17) is 5.26 Å². The van der Waals surface area contributed by atoms with Crippen molar-refractivity contribution in [3.8, 4) is 6.07 Å². The SMILES string of the molecule is CCC(C#N)NS(=O)(=O)c1ccc(F)c(F)c1. The quantitative estimate of drug-likeness (QED) is 0.892. The zero-order valence-corrected chi connectivity index (χ0v) is 9.76. The van der Waals surface area contributed by atoms with Crippen molar-refractivity contribution >= 4 is 10.0 Å². The fourth-order valence-electron chi connectivity index (χ4n) is 1.10. The van der Waals surface area contributed by atoms with Gasteiger partial charge in [-0.05, 0) is 24.6 Å². The molecule has 0 heterocycles. The molecule has 7 heteroatoms. The number of nitrogens with zero attached hydrogens (tertiary/aromatic N) is 1. The van der Waals surface area contributed by atoms with Crippen LogP contribution >= 0.6 is 0 Å². The molecule has 1 N–H and O–H groups in total. The maximum atomic E-state index is 12.9. The number of hydrogen-bond donors (Lipinski definition) is 1. The largest absolute Gasteiger partial charge is 0.241 e. The highest BCUT2D eigenvalue weighted by atomic mass is 32.2. The number of sulfonamides is 1. The zero-order valence-electron chi connectivity index (χ0n) is 8.94. The standard InChI is InChI=1S/C10H10F2N2O2S/c1-2-7(6-13)14-17(15,16)8-3-4-9(11)10(12)5-8/h3-5,7,14H,2H2,1H3. The Labute approximate surface area is 97.9 Å². The predicted octanol–water partition coefficient (Wildman–Crippen LogP) is 1.55. The zero-order chi connectivity index (χ0) is 13.1. The second kappa shape index (κ2) is 5.21. The molecule has 1 aromatic rings. The molecule has 1 unspecified atom stereocenters. The van der Waals surface area contributed by atoms with Crippen LogP contribution in [0.4, 0.5) is 8.78 Å². The van der Waals surface area contributed by atoms with Gasteiger partial charge in [-0.25, -0.2) is 17.2 Å². The monoisotopic (exact) mass is 260 g/mol. The minimum absolute atomic E-state index is 0.277. The number of halogens is 2. The molecule has 0 aliphatic carbocycles. The first kappa shape index (κ1) is 13.5. The Morgan fingerprint density at radius 1 is 1.41 bits per heavy atom. The van der Waals surface area contributed by atoms with E-state index in [0.29, 0.717) is 6.07 Å². The number of benzene rings is 1. The minimum atomic E-state index is -4.00. The van der Waals surface area contributed by atoms with Crippen LogP contribution in [0.25, 0.3) is 0 Å². The van der Waals surface area contributed by atoms with Gasteiger partial charge in [0.25, 0.3) is 0 Å². The highest BCUT2D eigenvalue weighted by molar-refractivity contribution is 7.89. The molecule has 0 aliphatic heterocycles. The Hall–Kier alpha value is -1.52. The second-order valence-corrected chi connectivity index (χ2v) is 5.00. The van der Waals surface area contributed by atoms with Crippen LogP contribution in [-0.2, 0) is 10.0 Å².